The highest BCUT2D eigenvalue weighted by Gasteiger charge is 2.40. The summed E-state index contributed by atoms with van der Waals surface area (Å²) >= 11 is 5.94. The molecule has 0 radical (unpaired) electrons. The topological polar surface area (TPSA) is 79.5 Å². The maximum Gasteiger partial charge on any atom is 0.313 e. The van der Waals surface area contributed by atoms with E-state index >= 15 is 0 Å². The Morgan fingerprint density at radius 3 is 2.38 bits per heavy atom. The van der Waals surface area contributed by atoms with Crippen molar-refractivity contribution in [3.05, 3.63) is 64.3 Å². The molecule has 0 saturated carbocycles. The highest BCUT2D eigenvalue weighted by Crippen LogP contribution is 2.40. The number of aliphatic carboxylic acids is 1. The monoisotopic (exact) mass is 413 g/mol. The Kier molecular flexibility index (Phi) is 5.71. The van der Waals surface area contributed by atoms with Crippen molar-refractivity contribution in [3.8, 4) is 5.75 Å². The van der Waals surface area contributed by atoms with E-state index in [1.54, 1.807) is 44.2 Å². The number of benzene rings is 2. The number of hydrogen-bond acceptors (Lipinski definition) is 3. The number of halogens is 1. The molecule has 0 spiro atoms. The smallest absolute Gasteiger partial charge is 0.313 e. The van der Waals surface area contributed by atoms with Crippen LogP contribution in [-0.2, 0) is 10.2 Å². The van der Waals surface area contributed by atoms with Crippen LogP contribution >= 0.6 is 11.6 Å². The molecule has 0 saturated heterocycles. The number of aromatic hydroxyl groups is 1. The van der Waals surface area contributed by atoms with E-state index in [-0.39, 0.29) is 11.7 Å². The molecule has 0 aliphatic heterocycles. The van der Waals surface area contributed by atoms with Gasteiger partial charge < -0.3 is 10.2 Å². The molecule has 6 heteroatoms. The van der Waals surface area contributed by atoms with Crippen LogP contribution in [0.15, 0.2) is 42.5 Å². The van der Waals surface area contributed by atoms with E-state index in [0.29, 0.717) is 39.2 Å². The number of rotatable bonds is 6. The minimum Gasteiger partial charge on any atom is -0.508 e. The number of phenols is 1. The Bertz CT molecular complexity index is 1080. The van der Waals surface area contributed by atoms with Crippen molar-refractivity contribution in [2.75, 3.05) is 0 Å². The predicted molar refractivity (Wildman–Crippen MR) is 114 cm³/mol. The summed E-state index contributed by atoms with van der Waals surface area (Å²) in [5.74, 6) is -1.20. The van der Waals surface area contributed by atoms with Gasteiger partial charge in [-0.2, -0.15) is 0 Å². The van der Waals surface area contributed by atoms with E-state index in [4.69, 9.17) is 11.6 Å². The van der Waals surface area contributed by atoms with E-state index < -0.39 is 11.4 Å². The standard InChI is InChI=1S/C23H24ClNO4/c1-4-5-12-23(3,22(28)29)20-14(2)25(19-11-10-17(26)13-18(19)20)21(27)15-6-8-16(24)9-7-15/h6-11,13,26H,4-5,12H2,1-3H3,(H,28,29)/t23-/m1/s1. The number of phenolic OH excluding ortho intramolecular Hbond substituents is 1. The molecule has 2 aromatic carbocycles. The predicted octanol–water partition coefficient (Wildman–Crippen LogP) is 5.53. The van der Waals surface area contributed by atoms with E-state index in [9.17, 15) is 19.8 Å². The third-order valence-electron chi connectivity index (χ3n) is 5.54. The van der Waals surface area contributed by atoms with Gasteiger partial charge in [0.1, 0.15) is 5.75 Å². The number of carbonyl (C=O) groups is 2. The number of hydrogen-bond donors (Lipinski definition) is 2. The molecule has 0 fully saturated rings. The molecule has 3 rings (SSSR count). The maximum atomic E-state index is 13.3. The van der Waals surface area contributed by atoms with Gasteiger partial charge in [-0.05, 0) is 68.3 Å². The van der Waals surface area contributed by atoms with E-state index in [1.807, 2.05) is 6.92 Å². The third kappa shape index (κ3) is 3.62. The van der Waals surface area contributed by atoms with Gasteiger partial charge in [0.2, 0.25) is 0 Å². The zero-order valence-electron chi connectivity index (χ0n) is 16.7. The molecule has 2 N–H and O–H groups in total. The fourth-order valence-electron chi connectivity index (χ4n) is 3.96. The van der Waals surface area contributed by atoms with Gasteiger partial charge in [0.25, 0.3) is 5.91 Å². The van der Waals surface area contributed by atoms with Crippen molar-refractivity contribution < 1.29 is 19.8 Å². The lowest BCUT2D eigenvalue weighted by Crippen LogP contribution is -2.33. The molecular weight excluding hydrogens is 390 g/mol. The fraction of sp³-hybridized carbons (Fsp3) is 0.304. The van der Waals surface area contributed by atoms with Crippen molar-refractivity contribution in [2.45, 2.75) is 45.4 Å². The fourth-order valence-corrected chi connectivity index (χ4v) is 4.08. The summed E-state index contributed by atoms with van der Waals surface area (Å²) in [6.45, 7) is 5.45. The van der Waals surface area contributed by atoms with Crippen LogP contribution in [0, 0.1) is 6.92 Å². The van der Waals surface area contributed by atoms with Crippen LogP contribution in [0.3, 0.4) is 0 Å². The third-order valence-corrected chi connectivity index (χ3v) is 5.79. The molecule has 0 bridgehead atoms. The van der Waals surface area contributed by atoms with Crippen molar-refractivity contribution in [2.24, 2.45) is 0 Å². The molecule has 0 aliphatic rings. The van der Waals surface area contributed by atoms with Crippen LogP contribution in [0.25, 0.3) is 10.9 Å². The van der Waals surface area contributed by atoms with E-state index in [1.165, 1.54) is 16.7 Å². The highest BCUT2D eigenvalue weighted by atomic mass is 35.5. The molecule has 0 aliphatic carbocycles. The number of carbonyl (C=O) groups excluding carboxylic acids is 1. The van der Waals surface area contributed by atoms with E-state index in [0.717, 1.165) is 12.8 Å². The van der Waals surface area contributed by atoms with Gasteiger partial charge in [0.05, 0.1) is 10.9 Å². The van der Waals surface area contributed by atoms with Crippen LogP contribution in [0.5, 0.6) is 5.75 Å². The number of nitrogens with zero attached hydrogens (tertiary/aromatic N) is 1. The van der Waals surface area contributed by atoms with Gasteiger partial charge in [-0.1, -0.05) is 31.4 Å². The molecule has 152 valence electrons. The summed E-state index contributed by atoms with van der Waals surface area (Å²) in [5, 5.41) is 21.3. The van der Waals surface area contributed by atoms with Crippen LogP contribution in [0.4, 0.5) is 0 Å². The zero-order valence-corrected chi connectivity index (χ0v) is 17.5. The van der Waals surface area contributed by atoms with Crippen molar-refractivity contribution in [1.82, 2.24) is 4.57 Å². The lowest BCUT2D eigenvalue weighted by Gasteiger charge is -2.26. The minimum absolute atomic E-state index is 0.0260. The first kappa shape index (κ1) is 20.9. The Balaban J connectivity index is 2.31. The Morgan fingerprint density at radius 1 is 1.14 bits per heavy atom. The minimum atomic E-state index is -1.18. The molecule has 1 heterocycles. The summed E-state index contributed by atoms with van der Waals surface area (Å²) in [5.41, 5.74) is 0.953. The number of unbranched alkanes of at least 4 members (excludes halogenated alkanes) is 1. The molecule has 5 nitrogen and oxygen atoms in total. The second kappa shape index (κ2) is 7.91. The molecular formula is C23H24ClNO4. The number of carboxylic acid groups (broad SMARTS) is 1. The van der Waals surface area contributed by atoms with Gasteiger partial charge in [0, 0.05) is 21.7 Å². The van der Waals surface area contributed by atoms with Crippen LogP contribution in [0.2, 0.25) is 5.02 Å². The number of carboxylic acids is 1. The summed E-state index contributed by atoms with van der Waals surface area (Å²) in [6, 6.07) is 11.3. The zero-order chi connectivity index (χ0) is 21.3. The molecule has 0 amide bonds. The largest absolute Gasteiger partial charge is 0.508 e. The van der Waals surface area contributed by atoms with E-state index in [2.05, 4.69) is 0 Å². The first-order chi connectivity index (χ1) is 13.7. The summed E-state index contributed by atoms with van der Waals surface area (Å²) in [6.07, 6.45) is 2.03. The Labute approximate surface area is 174 Å². The normalized spacial score (nSPS) is 13.4. The highest BCUT2D eigenvalue weighted by molar-refractivity contribution is 6.30. The molecule has 0 unspecified atom stereocenters. The number of fused-ring (bicyclic) bond motifs is 1. The average Bonchev–Trinajstić information content (AvgIpc) is 2.97. The second-order valence-electron chi connectivity index (χ2n) is 7.55. The van der Waals surface area contributed by atoms with Crippen molar-refractivity contribution in [3.63, 3.8) is 0 Å². The van der Waals surface area contributed by atoms with Crippen molar-refractivity contribution >= 4 is 34.4 Å². The first-order valence-corrected chi connectivity index (χ1v) is 9.96. The van der Waals surface area contributed by atoms with Crippen LogP contribution < -0.4 is 0 Å². The molecule has 1 aromatic heterocycles. The Hall–Kier alpha value is -2.79. The average molecular weight is 414 g/mol. The summed E-state index contributed by atoms with van der Waals surface area (Å²) < 4.78 is 1.53. The quantitative estimate of drug-likeness (QED) is 0.556. The summed E-state index contributed by atoms with van der Waals surface area (Å²) in [4.78, 5) is 25.6. The maximum absolute atomic E-state index is 13.3. The van der Waals surface area contributed by atoms with Gasteiger partial charge in [-0.25, -0.2) is 0 Å². The van der Waals surface area contributed by atoms with Gasteiger partial charge in [0.15, 0.2) is 0 Å². The van der Waals surface area contributed by atoms with Gasteiger partial charge >= 0.3 is 5.97 Å². The summed E-state index contributed by atoms with van der Waals surface area (Å²) in [7, 11) is 0. The Morgan fingerprint density at radius 2 is 1.79 bits per heavy atom. The molecule has 1 atom stereocenters. The lowest BCUT2D eigenvalue weighted by atomic mass is 9.76. The second-order valence-corrected chi connectivity index (χ2v) is 7.99. The first-order valence-electron chi connectivity index (χ1n) is 9.59. The van der Waals surface area contributed by atoms with Crippen LogP contribution in [0.1, 0.15) is 54.7 Å². The molecule has 29 heavy (non-hydrogen) atoms. The van der Waals surface area contributed by atoms with Gasteiger partial charge in [-0.15, -0.1) is 0 Å². The van der Waals surface area contributed by atoms with Crippen molar-refractivity contribution in [1.29, 1.82) is 0 Å². The number of aromatic nitrogens is 1. The van der Waals surface area contributed by atoms with Gasteiger partial charge in [-0.3, -0.25) is 14.2 Å². The SMILES string of the molecule is CCCC[C@@](C)(C(=O)O)c1c(C)n(C(=O)c2ccc(Cl)cc2)c2ccc(O)cc12. The lowest BCUT2D eigenvalue weighted by molar-refractivity contribution is -0.143. The van der Waals surface area contributed by atoms with Crippen LogP contribution in [-0.4, -0.2) is 26.7 Å². The molecule has 3 aromatic rings.